The Kier molecular flexibility index (Phi) is 2.41. The van der Waals surface area contributed by atoms with Gasteiger partial charge < -0.3 is 10.8 Å². The predicted molar refractivity (Wildman–Crippen MR) is 75.5 cm³/mol. The van der Waals surface area contributed by atoms with E-state index in [0.29, 0.717) is 11.3 Å². The van der Waals surface area contributed by atoms with Crippen LogP contribution in [0.5, 0.6) is 5.75 Å². The fourth-order valence-electron chi connectivity index (χ4n) is 2.27. The number of benzene rings is 3. The lowest BCUT2D eigenvalue weighted by Gasteiger charge is -2.11. The summed E-state index contributed by atoms with van der Waals surface area (Å²) in [7, 11) is 0. The zero-order chi connectivity index (χ0) is 12.5. The van der Waals surface area contributed by atoms with Crippen molar-refractivity contribution < 1.29 is 5.11 Å². The van der Waals surface area contributed by atoms with Crippen molar-refractivity contribution >= 4 is 16.5 Å². The Morgan fingerprint density at radius 1 is 0.833 bits per heavy atom. The summed E-state index contributed by atoms with van der Waals surface area (Å²) in [6, 6.07) is 19.3. The highest BCUT2D eigenvalue weighted by Gasteiger charge is 2.11. The molecule has 0 amide bonds. The van der Waals surface area contributed by atoms with Crippen molar-refractivity contribution in [3.05, 3.63) is 60.7 Å². The standard InChI is InChI=1S/C16H13NO/c17-16-13-9-5-4-8-12(13)10-14(18)15(16)11-6-2-1-3-7-11/h1-10,18H,17H2. The van der Waals surface area contributed by atoms with Gasteiger partial charge in [-0.15, -0.1) is 0 Å². The highest BCUT2D eigenvalue weighted by Crippen LogP contribution is 2.39. The SMILES string of the molecule is Nc1c(-c2ccccc2)c(O)cc2ccccc12. The van der Waals surface area contributed by atoms with Gasteiger partial charge in [0.05, 0.1) is 5.69 Å². The summed E-state index contributed by atoms with van der Waals surface area (Å²) in [5, 5.41) is 12.1. The molecule has 3 aromatic carbocycles. The molecule has 2 heteroatoms. The number of fused-ring (bicyclic) bond motifs is 1. The number of hydrogen-bond donors (Lipinski definition) is 2. The van der Waals surface area contributed by atoms with E-state index in [1.54, 1.807) is 6.07 Å². The Morgan fingerprint density at radius 3 is 2.28 bits per heavy atom. The van der Waals surface area contributed by atoms with Crippen molar-refractivity contribution in [3.63, 3.8) is 0 Å². The molecule has 0 saturated carbocycles. The van der Waals surface area contributed by atoms with Crippen LogP contribution in [0.25, 0.3) is 21.9 Å². The lowest BCUT2D eigenvalue weighted by atomic mass is 9.97. The van der Waals surface area contributed by atoms with E-state index in [1.807, 2.05) is 54.6 Å². The Balaban J connectivity index is 2.37. The van der Waals surface area contributed by atoms with E-state index < -0.39 is 0 Å². The number of nitrogens with two attached hydrogens (primary N) is 1. The molecular weight excluding hydrogens is 222 g/mol. The van der Waals surface area contributed by atoms with E-state index in [9.17, 15) is 5.11 Å². The van der Waals surface area contributed by atoms with E-state index in [4.69, 9.17) is 5.73 Å². The Hall–Kier alpha value is -2.48. The minimum absolute atomic E-state index is 0.220. The molecule has 0 saturated heterocycles. The largest absolute Gasteiger partial charge is 0.507 e. The van der Waals surface area contributed by atoms with Crippen molar-refractivity contribution in [2.24, 2.45) is 0 Å². The second-order valence-electron chi connectivity index (χ2n) is 4.27. The van der Waals surface area contributed by atoms with Crippen LogP contribution in [0.2, 0.25) is 0 Å². The topological polar surface area (TPSA) is 46.2 Å². The molecule has 0 unspecified atom stereocenters. The van der Waals surface area contributed by atoms with Gasteiger partial charge in [0.2, 0.25) is 0 Å². The van der Waals surface area contributed by atoms with Crippen LogP contribution >= 0.6 is 0 Å². The molecule has 0 aliphatic rings. The molecule has 3 rings (SSSR count). The quantitative estimate of drug-likeness (QED) is 0.630. The molecule has 18 heavy (non-hydrogen) atoms. The number of aromatic hydroxyl groups is 1. The van der Waals surface area contributed by atoms with Gasteiger partial charge in [0.1, 0.15) is 5.75 Å². The van der Waals surface area contributed by atoms with Crippen molar-refractivity contribution in [1.29, 1.82) is 0 Å². The summed E-state index contributed by atoms with van der Waals surface area (Å²) in [4.78, 5) is 0. The third kappa shape index (κ3) is 1.59. The summed E-state index contributed by atoms with van der Waals surface area (Å²) in [6.45, 7) is 0. The van der Waals surface area contributed by atoms with Crippen LogP contribution in [-0.2, 0) is 0 Å². The Labute approximate surface area is 105 Å². The smallest absolute Gasteiger partial charge is 0.126 e. The molecular formula is C16H13NO. The van der Waals surface area contributed by atoms with Gasteiger partial charge in [-0.1, -0.05) is 54.6 Å². The Morgan fingerprint density at radius 2 is 1.50 bits per heavy atom. The van der Waals surface area contributed by atoms with Gasteiger partial charge in [-0.25, -0.2) is 0 Å². The normalized spacial score (nSPS) is 10.7. The van der Waals surface area contributed by atoms with E-state index >= 15 is 0 Å². The van der Waals surface area contributed by atoms with Gasteiger partial charge in [-0.3, -0.25) is 0 Å². The molecule has 0 bridgehead atoms. The number of nitrogen functional groups attached to an aromatic ring is 1. The molecule has 88 valence electrons. The van der Waals surface area contributed by atoms with Crippen LogP contribution < -0.4 is 5.73 Å². The van der Waals surface area contributed by atoms with Gasteiger partial charge in [-0.2, -0.15) is 0 Å². The van der Waals surface area contributed by atoms with Crippen molar-refractivity contribution in [1.82, 2.24) is 0 Å². The van der Waals surface area contributed by atoms with Crippen LogP contribution in [0, 0.1) is 0 Å². The molecule has 2 nitrogen and oxygen atoms in total. The van der Waals surface area contributed by atoms with Gasteiger partial charge >= 0.3 is 0 Å². The highest BCUT2D eigenvalue weighted by atomic mass is 16.3. The second kappa shape index (κ2) is 4.08. The maximum atomic E-state index is 10.2. The molecule has 0 aromatic heterocycles. The molecule has 0 radical (unpaired) electrons. The third-order valence-electron chi connectivity index (χ3n) is 3.13. The van der Waals surface area contributed by atoms with E-state index in [0.717, 1.165) is 16.3 Å². The van der Waals surface area contributed by atoms with Crippen LogP contribution in [0.3, 0.4) is 0 Å². The van der Waals surface area contributed by atoms with Crippen LogP contribution in [-0.4, -0.2) is 5.11 Å². The molecule has 0 heterocycles. The molecule has 0 aliphatic carbocycles. The first-order valence-corrected chi connectivity index (χ1v) is 5.83. The molecule has 0 spiro atoms. The van der Waals surface area contributed by atoms with Gasteiger partial charge in [0.25, 0.3) is 0 Å². The average Bonchev–Trinajstić information content (AvgIpc) is 2.40. The minimum Gasteiger partial charge on any atom is -0.507 e. The first-order valence-electron chi connectivity index (χ1n) is 5.83. The number of phenols is 1. The zero-order valence-electron chi connectivity index (χ0n) is 9.80. The third-order valence-corrected chi connectivity index (χ3v) is 3.13. The number of hydrogen-bond acceptors (Lipinski definition) is 2. The average molecular weight is 235 g/mol. The molecule has 3 aromatic rings. The molecule has 0 aliphatic heterocycles. The van der Waals surface area contributed by atoms with Crippen molar-refractivity contribution in [3.8, 4) is 16.9 Å². The van der Waals surface area contributed by atoms with Gasteiger partial charge in [0.15, 0.2) is 0 Å². The summed E-state index contributed by atoms with van der Waals surface area (Å²) in [6.07, 6.45) is 0. The predicted octanol–water partition coefficient (Wildman–Crippen LogP) is 3.79. The fraction of sp³-hybridized carbons (Fsp3) is 0. The van der Waals surface area contributed by atoms with E-state index in [2.05, 4.69) is 0 Å². The van der Waals surface area contributed by atoms with E-state index in [-0.39, 0.29) is 5.75 Å². The van der Waals surface area contributed by atoms with E-state index in [1.165, 1.54) is 0 Å². The summed E-state index contributed by atoms with van der Waals surface area (Å²) < 4.78 is 0. The Bertz CT molecular complexity index is 705. The van der Waals surface area contributed by atoms with Gasteiger partial charge in [0, 0.05) is 10.9 Å². The first-order chi connectivity index (χ1) is 8.77. The lowest BCUT2D eigenvalue weighted by Crippen LogP contribution is -1.92. The van der Waals surface area contributed by atoms with Gasteiger partial charge in [-0.05, 0) is 17.0 Å². The van der Waals surface area contributed by atoms with Crippen molar-refractivity contribution in [2.45, 2.75) is 0 Å². The molecule has 0 atom stereocenters. The number of rotatable bonds is 1. The summed E-state index contributed by atoms with van der Waals surface area (Å²) in [5.41, 5.74) is 8.45. The zero-order valence-corrected chi connectivity index (χ0v) is 9.80. The van der Waals surface area contributed by atoms with Crippen LogP contribution in [0.1, 0.15) is 0 Å². The fourth-order valence-corrected chi connectivity index (χ4v) is 2.27. The number of phenolic OH excluding ortho intramolecular Hbond substituents is 1. The van der Waals surface area contributed by atoms with Crippen LogP contribution in [0.15, 0.2) is 60.7 Å². The molecule has 3 N–H and O–H groups in total. The second-order valence-corrected chi connectivity index (χ2v) is 4.27. The molecule has 0 fully saturated rings. The first kappa shape index (κ1) is 10.7. The maximum Gasteiger partial charge on any atom is 0.126 e. The van der Waals surface area contributed by atoms with Crippen molar-refractivity contribution in [2.75, 3.05) is 5.73 Å². The minimum atomic E-state index is 0.220. The summed E-state index contributed by atoms with van der Waals surface area (Å²) in [5.74, 6) is 0.220. The number of anilines is 1. The lowest BCUT2D eigenvalue weighted by molar-refractivity contribution is 0.478. The maximum absolute atomic E-state index is 10.2. The summed E-state index contributed by atoms with van der Waals surface area (Å²) >= 11 is 0. The van der Waals surface area contributed by atoms with Crippen LogP contribution in [0.4, 0.5) is 5.69 Å². The monoisotopic (exact) mass is 235 g/mol. The highest BCUT2D eigenvalue weighted by molar-refractivity contribution is 6.03.